The van der Waals surface area contributed by atoms with E-state index in [0.717, 1.165) is 24.0 Å². The molecule has 0 unspecified atom stereocenters. The molecule has 2 rings (SSSR count). The molecule has 0 aromatic carbocycles. The Labute approximate surface area is 162 Å². The summed E-state index contributed by atoms with van der Waals surface area (Å²) >= 11 is 0. The van der Waals surface area contributed by atoms with Gasteiger partial charge in [-0.2, -0.15) is 41.0 Å². The molecule has 0 aliphatic heterocycles. The Bertz CT molecular complexity index is 961. The number of hydrogen-bond donors (Lipinski definition) is 0. The molecule has 0 aromatic heterocycles. The molecule has 0 bridgehead atoms. The van der Waals surface area contributed by atoms with Gasteiger partial charge in [0.25, 0.3) is 0 Å². The third-order valence-electron chi connectivity index (χ3n) is 3.97. The van der Waals surface area contributed by atoms with Crippen LogP contribution in [0.2, 0.25) is 0 Å². The second kappa shape index (κ2) is 10.6. The topological polar surface area (TPSA) is 145 Å². The molecule has 0 saturated heterocycles. The normalized spacial score (nSPS) is 21.0. The van der Waals surface area contributed by atoms with Crippen LogP contribution in [0.15, 0.2) is 67.6 Å². The Morgan fingerprint density at radius 1 is 0.571 bits per heavy atom. The number of nitrogens with zero attached hydrogens (tertiary/aromatic N) is 8. The Hall–Kier alpha value is -4.40. The molecule has 2 aliphatic rings. The van der Waals surface area contributed by atoms with Gasteiger partial charge in [0, 0.05) is 0 Å². The van der Waals surface area contributed by atoms with E-state index >= 15 is 0 Å². The molecule has 8 nitrogen and oxygen atoms in total. The number of nitriles is 4. The first-order valence-electron chi connectivity index (χ1n) is 8.37. The van der Waals surface area contributed by atoms with Gasteiger partial charge in [0.2, 0.25) is 24.8 Å². The van der Waals surface area contributed by atoms with Gasteiger partial charge < -0.3 is 0 Å². The minimum atomic E-state index is 0.523. The Kier molecular flexibility index (Phi) is 7.51. The van der Waals surface area contributed by atoms with Crippen molar-refractivity contribution < 1.29 is 0 Å². The van der Waals surface area contributed by atoms with Crippen molar-refractivity contribution in [3.8, 4) is 24.8 Å². The predicted octanol–water partition coefficient (Wildman–Crippen LogP) is 3.23. The molecule has 134 valence electrons. The Morgan fingerprint density at radius 3 is 1.32 bits per heavy atom. The third kappa shape index (κ3) is 5.56. The van der Waals surface area contributed by atoms with Gasteiger partial charge in [-0.25, -0.2) is 0 Å². The summed E-state index contributed by atoms with van der Waals surface area (Å²) in [6, 6.07) is 0. The predicted molar refractivity (Wildman–Crippen MR) is 105 cm³/mol. The molecule has 0 aromatic rings. The van der Waals surface area contributed by atoms with Crippen molar-refractivity contribution in [3.05, 3.63) is 47.6 Å². The lowest BCUT2D eigenvalue weighted by atomic mass is 9.93. The minimum absolute atomic E-state index is 0.523. The van der Waals surface area contributed by atoms with E-state index in [0.29, 0.717) is 35.7 Å². The van der Waals surface area contributed by atoms with Gasteiger partial charge in [-0.05, 0) is 73.3 Å². The van der Waals surface area contributed by atoms with Crippen LogP contribution < -0.4 is 0 Å². The molecule has 2 aliphatic carbocycles. The Morgan fingerprint density at radius 2 is 0.964 bits per heavy atom. The molecular formula is C20H14N8. The fourth-order valence-corrected chi connectivity index (χ4v) is 2.76. The first kappa shape index (κ1) is 19.9. The van der Waals surface area contributed by atoms with Gasteiger partial charge in [0.1, 0.15) is 0 Å². The summed E-state index contributed by atoms with van der Waals surface area (Å²) in [4.78, 5) is 15.0. The van der Waals surface area contributed by atoms with E-state index in [2.05, 4.69) is 20.0 Å². The van der Waals surface area contributed by atoms with Crippen molar-refractivity contribution >= 4 is 22.8 Å². The van der Waals surface area contributed by atoms with Gasteiger partial charge in [-0.3, -0.25) is 0 Å². The van der Waals surface area contributed by atoms with Crippen LogP contribution in [0.1, 0.15) is 25.7 Å². The number of allylic oxidation sites excluding steroid dienone is 8. The van der Waals surface area contributed by atoms with E-state index in [1.165, 1.54) is 0 Å². The van der Waals surface area contributed by atoms with Crippen molar-refractivity contribution in [1.29, 1.82) is 21.0 Å². The van der Waals surface area contributed by atoms with Crippen molar-refractivity contribution in [3.63, 3.8) is 0 Å². The van der Waals surface area contributed by atoms with Crippen LogP contribution in [0, 0.1) is 45.8 Å². The van der Waals surface area contributed by atoms with Gasteiger partial charge in [0.15, 0.2) is 0 Å². The molecular weight excluding hydrogens is 352 g/mol. The molecule has 0 N–H and O–H groups in total. The molecule has 0 heterocycles. The van der Waals surface area contributed by atoms with Gasteiger partial charge in [-0.1, -0.05) is 0 Å². The SMILES string of the molecule is N#CN=C1C=CC(=NC#N)C(CCCCC2=CC(=NC#N)C=CC2=NC#N)=C1. The monoisotopic (exact) mass is 366 g/mol. The second-order valence-corrected chi connectivity index (χ2v) is 5.68. The quantitative estimate of drug-likeness (QED) is 0.417. The van der Waals surface area contributed by atoms with Gasteiger partial charge in [0.05, 0.1) is 22.8 Å². The number of rotatable bonds is 5. The maximum Gasteiger partial charge on any atom is 0.206 e. The van der Waals surface area contributed by atoms with E-state index < -0.39 is 0 Å². The average Bonchev–Trinajstić information content (AvgIpc) is 2.69. The summed E-state index contributed by atoms with van der Waals surface area (Å²) in [6.45, 7) is 0. The molecule has 28 heavy (non-hydrogen) atoms. The molecule has 8 heteroatoms. The maximum absolute atomic E-state index is 8.83. The highest BCUT2D eigenvalue weighted by Crippen LogP contribution is 2.20. The van der Waals surface area contributed by atoms with Crippen LogP contribution >= 0.6 is 0 Å². The van der Waals surface area contributed by atoms with Crippen LogP contribution in [0.4, 0.5) is 0 Å². The first-order valence-corrected chi connectivity index (χ1v) is 8.37. The fourth-order valence-electron chi connectivity index (χ4n) is 2.76. The zero-order valence-corrected chi connectivity index (χ0v) is 14.9. The smallest absolute Gasteiger partial charge is 0.174 e. The largest absolute Gasteiger partial charge is 0.206 e. The van der Waals surface area contributed by atoms with Crippen molar-refractivity contribution in [1.82, 2.24) is 0 Å². The highest BCUT2D eigenvalue weighted by Gasteiger charge is 2.13. The first-order chi connectivity index (χ1) is 13.7. The number of unbranched alkanes of at least 4 members (excludes halogenated alkanes) is 1. The molecule has 0 saturated carbocycles. The summed E-state index contributed by atoms with van der Waals surface area (Å²) in [5, 5.41) is 35.1. The van der Waals surface area contributed by atoms with Crippen molar-refractivity contribution in [2.75, 3.05) is 0 Å². The molecule has 0 amide bonds. The van der Waals surface area contributed by atoms with Crippen LogP contribution in [0.25, 0.3) is 0 Å². The number of aliphatic imine (C=N–C) groups is 4. The third-order valence-corrected chi connectivity index (χ3v) is 3.97. The lowest BCUT2D eigenvalue weighted by molar-refractivity contribution is 0.746. The van der Waals surface area contributed by atoms with E-state index in [-0.39, 0.29) is 0 Å². The summed E-state index contributed by atoms with van der Waals surface area (Å²) in [5.74, 6) is 0. The van der Waals surface area contributed by atoms with Crippen LogP contribution in [-0.2, 0) is 0 Å². The van der Waals surface area contributed by atoms with Crippen LogP contribution in [0.5, 0.6) is 0 Å². The zero-order valence-electron chi connectivity index (χ0n) is 14.9. The maximum atomic E-state index is 8.83. The fraction of sp³-hybridized carbons (Fsp3) is 0.200. The van der Waals surface area contributed by atoms with E-state index in [1.54, 1.807) is 61.2 Å². The molecule has 0 fully saturated rings. The summed E-state index contributed by atoms with van der Waals surface area (Å²) in [6.07, 6.45) is 20.1. The lowest BCUT2D eigenvalue weighted by Crippen LogP contribution is -2.10. The van der Waals surface area contributed by atoms with Gasteiger partial charge >= 0.3 is 0 Å². The molecule has 0 radical (unpaired) electrons. The van der Waals surface area contributed by atoms with Gasteiger partial charge in [-0.15, -0.1) is 0 Å². The van der Waals surface area contributed by atoms with E-state index in [4.69, 9.17) is 21.0 Å². The second-order valence-electron chi connectivity index (χ2n) is 5.68. The minimum Gasteiger partial charge on any atom is -0.174 e. The molecule has 0 atom stereocenters. The Balaban J connectivity index is 2.04. The highest BCUT2D eigenvalue weighted by molar-refractivity contribution is 6.22. The van der Waals surface area contributed by atoms with Crippen molar-refractivity contribution in [2.24, 2.45) is 20.0 Å². The van der Waals surface area contributed by atoms with E-state index in [1.807, 2.05) is 0 Å². The lowest BCUT2D eigenvalue weighted by Gasteiger charge is -2.13. The zero-order chi connectivity index (χ0) is 20.2. The summed E-state index contributed by atoms with van der Waals surface area (Å²) in [5.41, 5.74) is 3.86. The highest BCUT2D eigenvalue weighted by atomic mass is 14.8. The van der Waals surface area contributed by atoms with Crippen LogP contribution in [-0.4, -0.2) is 22.8 Å². The standard InChI is InChI=1S/C20H14N8/c21-11-25-17-5-7-19(27-13-23)15(9-17)3-1-2-4-16-10-18(26-12-22)6-8-20(16)28-14-24/h5-10H,1-4H2. The number of hydrogen-bond acceptors (Lipinski definition) is 8. The van der Waals surface area contributed by atoms with E-state index in [9.17, 15) is 0 Å². The summed E-state index contributed by atoms with van der Waals surface area (Å²) < 4.78 is 0. The van der Waals surface area contributed by atoms with Crippen LogP contribution in [0.3, 0.4) is 0 Å². The summed E-state index contributed by atoms with van der Waals surface area (Å²) in [7, 11) is 0. The van der Waals surface area contributed by atoms with Crippen molar-refractivity contribution in [2.45, 2.75) is 25.7 Å². The molecule has 0 spiro atoms. The average molecular weight is 366 g/mol.